The van der Waals surface area contributed by atoms with Crippen LogP contribution in [0.1, 0.15) is 13.3 Å². The Morgan fingerprint density at radius 1 is 1.16 bits per heavy atom. The molecule has 0 fully saturated rings. The number of carbonyl (C=O) groups is 1. The highest BCUT2D eigenvalue weighted by Crippen LogP contribution is 2.29. The smallest absolute Gasteiger partial charge is 0.239 e. The molecule has 1 unspecified atom stereocenters. The van der Waals surface area contributed by atoms with Crippen molar-refractivity contribution in [3.05, 3.63) is 59.1 Å². The van der Waals surface area contributed by atoms with Crippen molar-refractivity contribution < 1.29 is 4.79 Å². The van der Waals surface area contributed by atoms with E-state index in [0.717, 1.165) is 26.4 Å². The Balaban J connectivity index is 1.67. The van der Waals surface area contributed by atoms with Gasteiger partial charge in [-0.15, -0.1) is 22.0 Å². The zero-order chi connectivity index (χ0) is 17.6. The SMILES string of the molecule is CCC(Sc1ccccc1)C(=O)Nc1nnc(-c2ccc(Br)cc2)s1. The van der Waals surface area contributed by atoms with Crippen LogP contribution < -0.4 is 5.32 Å². The molecule has 0 spiro atoms. The topological polar surface area (TPSA) is 54.9 Å². The first kappa shape index (κ1) is 18.1. The molecule has 0 aliphatic carbocycles. The zero-order valence-corrected chi connectivity index (χ0v) is 16.7. The van der Waals surface area contributed by atoms with Gasteiger partial charge in [0.1, 0.15) is 5.01 Å². The van der Waals surface area contributed by atoms with Gasteiger partial charge in [-0.05, 0) is 30.7 Å². The summed E-state index contributed by atoms with van der Waals surface area (Å²) in [6, 6.07) is 17.8. The Kier molecular flexibility index (Phi) is 6.23. The molecular formula is C18H16BrN3OS2. The molecule has 0 radical (unpaired) electrons. The molecule has 1 N–H and O–H groups in total. The first-order chi connectivity index (χ1) is 12.2. The van der Waals surface area contributed by atoms with Gasteiger partial charge in [0.2, 0.25) is 11.0 Å². The van der Waals surface area contributed by atoms with Crippen molar-refractivity contribution in [1.82, 2.24) is 10.2 Å². The fourth-order valence-electron chi connectivity index (χ4n) is 2.15. The van der Waals surface area contributed by atoms with Gasteiger partial charge < -0.3 is 0 Å². The van der Waals surface area contributed by atoms with Gasteiger partial charge in [-0.3, -0.25) is 10.1 Å². The number of amides is 1. The number of nitrogens with zero attached hydrogens (tertiary/aromatic N) is 2. The maximum atomic E-state index is 12.5. The minimum Gasteiger partial charge on any atom is -0.300 e. The van der Waals surface area contributed by atoms with Crippen LogP contribution >= 0.6 is 39.0 Å². The lowest BCUT2D eigenvalue weighted by Crippen LogP contribution is -2.24. The van der Waals surface area contributed by atoms with Gasteiger partial charge in [0.15, 0.2) is 0 Å². The first-order valence-corrected chi connectivity index (χ1v) is 10.3. The lowest BCUT2D eigenvalue weighted by Gasteiger charge is -2.13. The normalized spacial score (nSPS) is 11.9. The van der Waals surface area contributed by atoms with Crippen molar-refractivity contribution >= 4 is 50.1 Å². The van der Waals surface area contributed by atoms with E-state index in [-0.39, 0.29) is 11.2 Å². The number of aromatic nitrogens is 2. The van der Waals surface area contributed by atoms with E-state index in [1.165, 1.54) is 11.3 Å². The largest absolute Gasteiger partial charge is 0.300 e. The number of halogens is 1. The Labute approximate surface area is 163 Å². The standard InChI is InChI=1S/C18H16BrN3OS2/c1-2-15(24-14-6-4-3-5-7-14)16(23)20-18-22-21-17(25-18)12-8-10-13(19)11-9-12/h3-11,15H,2H2,1H3,(H,20,22,23). The lowest BCUT2D eigenvalue weighted by atomic mass is 10.2. The van der Waals surface area contributed by atoms with Crippen LogP contribution in [0.25, 0.3) is 10.6 Å². The third kappa shape index (κ3) is 4.90. The summed E-state index contributed by atoms with van der Waals surface area (Å²) >= 11 is 6.35. The second-order valence-electron chi connectivity index (χ2n) is 5.24. The van der Waals surface area contributed by atoms with Gasteiger partial charge in [0, 0.05) is 14.9 Å². The molecule has 0 aliphatic rings. The Morgan fingerprint density at radius 2 is 1.88 bits per heavy atom. The summed E-state index contributed by atoms with van der Waals surface area (Å²) in [7, 11) is 0. The number of rotatable bonds is 6. The number of carbonyl (C=O) groups excluding carboxylic acids is 1. The average Bonchev–Trinajstić information content (AvgIpc) is 3.09. The number of hydrogen-bond acceptors (Lipinski definition) is 5. The summed E-state index contributed by atoms with van der Waals surface area (Å²) in [6.45, 7) is 2.01. The molecular weight excluding hydrogens is 418 g/mol. The highest BCUT2D eigenvalue weighted by Gasteiger charge is 2.19. The van der Waals surface area contributed by atoms with E-state index in [4.69, 9.17) is 0 Å². The van der Waals surface area contributed by atoms with Crippen LogP contribution in [0.2, 0.25) is 0 Å². The number of benzene rings is 2. The molecule has 0 saturated carbocycles. The molecule has 0 aliphatic heterocycles. The molecule has 128 valence electrons. The molecule has 1 amide bonds. The summed E-state index contributed by atoms with van der Waals surface area (Å²) in [5, 5.41) is 12.3. The number of nitrogens with one attached hydrogen (secondary N) is 1. The minimum atomic E-state index is -0.164. The predicted molar refractivity (Wildman–Crippen MR) is 108 cm³/mol. The third-order valence-electron chi connectivity index (χ3n) is 3.43. The summed E-state index contributed by atoms with van der Waals surface area (Å²) in [5.41, 5.74) is 0.979. The van der Waals surface area contributed by atoms with E-state index in [0.29, 0.717) is 5.13 Å². The van der Waals surface area contributed by atoms with Crippen LogP contribution in [0.5, 0.6) is 0 Å². The molecule has 3 aromatic rings. The van der Waals surface area contributed by atoms with E-state index >= 15 is 0 Å². The highest BCUT2D eigenvalue weighted by molar-refractivity contribution is 9.10. The maximum absolute atomic E-state index is 12.5. The van der Waals surface area contributed by atoms with E-state index in [2.05, 4.69) is 31.4 Å². The predicted octanol–water partition coefficient (Wildman–Crippen LogP) is 5.48. The highest BCUT2D eigenvalue weighted by atomic mass is 79.9. The number of hydrogen-bond donors (Lipinski definition) is 1. The molecule has 1 heterocycles. The van der Waals surface area contributed by atoms with Crippen LogP contribution in [0.15, 0.2) is 64.0 Å². The minimum absolute atomic E-state index is 0.0464. The van der Waals surface area contributed by atoms with Gasteiger partial charge in [0.05, 0.1) is 5.25 Å². The molecule has 7 heteroatoms. The van der Waals surface area contributed by atoms with E-state index in [1.54, 1.807) is 11.8 Å². The average molecular weight is 434 g/mol. The molecule has 3 rings (SSSR count). The summed E-state index contributed by atoms with van der Waals surface area (Å²) in [5.74, 6) is -0.0464. The molecule has 0 bridgehead atoms. The summed E-state index contributed by atoms with van der Waals surface area (Å²) < 4.78 is 1.01. The van der Waals surface area contributed by atoms with Gasteiger partial charge in [-0.1, -0.05) is 64.5 Å². The van der Waals surface area contributed by atoms with Crippen LogP contribution in [0.4, 0.5) is 5.13 Å². The molecule has 1 aromatic heterocycles. The third-order valence-corrected chi connectivity index (χ3v) is 6.22. The molecule has 4 nitrogen and oxygen atoms in total. The van der Waals surface area contributed by atoms with Crippen molar-refractivity contribution in [3.8, 4) is 10.6 Å². The van der Waals surface area contributed by atoms with Gasteiger partial charge >= 0.3 is 0 Å². The van der Waals surface area contributed by atoms with Crippen molar-refractivity contribution in [2.45, 2.75) is 23.5 Å². The van der Waals surface area contributed by atoms with Gasteiger partial charge in [0.25, 0.3) is 0 Å². The van der Waals surface area contributed by atoms with Gasteiger partial charge in [-0.25, -0.2) is 0 Å². The molecule has 0 saturated heterocycles. The van der Waals surface area contributed by atoms with E-state index < -0.39 is 0 Å². The monoisotopic (exact) mass is 433 g/mol. The summed E-state index contributed by atoms with van der Waals surface area (Å²) in [4.78, 5) is 13.6. The van der Waals surface area contributed by atoms with E-state index in [1.807, 2.05) is 61.5 Å². The maximum Gasteiger partial charge on any atom is 0.239 e. The van der Waals surface area contributed by atoms with Crippen LogP contribution in [-0.2, 0) is 4.79 Å². The number of anilines is 1. The van der Waals surface area contributed by atoms with Crippen LogP contribution in [0, 0.1) is 0 Å². The quantitative estimate of drug-likeness (QED) is 0.523. The second kappa shape index (κ2) is 8.60. The first-order valence-electron chi connectivity index (χ1n) is 7.77. The zero-order valence-electron chi connectivity index (χ0n) is 13.5. The Hall–Kier alpha value is -1.70. The lowest BCUT2D eigenvalue weighted by molar-refractivity contribution is -0.115. The van der Waals surface area contributed by atoms with Crippen LogP contribution in [-0.4, -0.2) is 21.4 Å². The Morgan fingerprint density at radius 3 is 2.56 bits per heavy atom. The molecule has 25 heavy (non-hydrogen) atoms. The molecule has 1 atom stereocenters. The van der Waals surface area contributed by atoms with Crippen molar-refractivity contribution in [2.75, 3.05) is 5.32 Å². The Bertz CT molecular complexity index is 837. The van der Waals surface area contributed by atoms with Crippen molar-refractivity contribution in [3.63, 3.8) is 0 Å². The van der Waals surface area contributed by atoms with Crippen molar-refractivity contribution in [2.24, 2.45) is 0 Å². The van der Waals surface area contributed by atoms with Crippen molar-refractivity contribution in [1.29, 1.82) is 0 Å². The fraction of sp³-hybridized carbons (Fsp3) is 0.167. The second-order valence-corrected chi connectivity index (χ2v) is 8.41. The van der Waals surface area contributed by atoms with Crippen LogP contribution in [0.3, 0.4) is 0 Å². The summed E-state index contributed by atoms with van der Waals surface area (Å²) in [6.07, 6.45) is 0.740. The fourth-order valence-corrected chi connectivity index (χ4v) is 4.15. The molecule has 2 aromatic carbocycles. The van der Waals surface area contributed by atoms with E-state index in [9.17, 15) is 4.79 Å². The number of thioether (sulfide) groups is 1. The van der Waals surface area contributed by atoms with Gasteiger partial charge in [-0.2, -0.15) is 0 Å².